The van der Waals surface area contributed by atoms with Crippen LogP contribution in [0.3, 0.4) is 0 Å². The molecule has 2 rings (SSSR count). The molecule has 8 nitrogen and oxygen atoms in total. The van der Waals surface area contributed by atoms with Gasteiger partial charge in [-0.3, -0.25) is 10.1 Å². The summed E-state index contributed by atoms with van der Waals surface area (Å²) in [7, 11) is -3.74. The van der Waals surface area contributed by atoms with E-state index in [0.717, 1.165) is 30.2 Å². The third kappa shape index (κ3) is 3.26. The van der Waals surface area contributed by atoms with E-state index in [4.69, 9.17) is 5.84 Å². The predicted octanol–water partition coefficient (Wildman–Crippen LogP) is 1.27. The fourth-order valence-corrected chi connectivity index (χ4v) is 4.30. The molecule has 1 aromatic heterocycles. The van der Waals surface area contributed by atoms with Crippen molar-refractivity contribution in [1.82, 2.24) is 4.72 Å². The van der Waals surface area contributed by atoms with Crippen molar-refractivity contribution in [3.63, 3.8) is 0 Å². The van der Waals surface area contributed by atoms with Gasteiger partial charge in [0, 0.05) is 12.6 Å². The van der Waals surface area contributed by atoms with Gasteiger partial charge in [-0.1, -0.05) is 18.3 Å². The first-order valence-corrected chi connectivity index (χ1v) is 8.39. The molecular weight excluding hydrogens is 304 g/mol. The lowest BCUT2D eigenvalue weighted by Crippen LogP contribution is -2.28. The molecule has 20 heavy (non-hydrogen) atoms. The standard InChI is InChI=1S/C10H16N4O4S2/c1-6(7-2-3-7)5-12-20(17,18)9-4-8(14(15)16)10(13-11)19-9/h4,6-7,12-13H,2-3,5,11H2,1H3. The van der Waals surface area contributed by atoms with Gasteiger partial charge in [0.2, 0.25) is 10.0 Å². The van der Waals surface area contributed by atoms with Gasteiger partial charge in [0.15, 0.2) is 5.00 Å². The zero-order valence-corrected chi connectivity index (χ0v) is 12.5. The van der Waals surface area contributed by atoms with Gasteiger partial charge in [-0.25, -0.2) is 19.0 Å². The number of nitrogens with two attached hydrogens (primary N) is 1. The number of hydrazine groups is 1. The predicted molar refractivity (Wildman–Crippen MR) is 75.9 cm³/mol. The molecule has 0 spiro atoms. The summed E-state index contributed by atoms with van der Waals surface area (Å²) in [5.41, 5.74) is 1.81. The Morgan fingerprint density at radius 2 is 2.25 bits per heavy atom. The molecule has 1 unspecified atom stereocenters. The molecule has 0 radical (unpaired) electrons. The Morgan fingerprint density at radius 1 is 1.60 bits per heavy atom. The van der Waals surface area contributed by atoms with E-state index in [1.165, 1.54) is 0 Å². The Bertz CT molecular complexity index is 609. The molecule has 1 aliphatic carbocycles. The van der Waals surface area contributed by atoms with Crippen molar-refractivity contribution in [1.29, 1.82) is 0 Å². The SMILES string of the molecule is CC(CNS(=O)(=O)c1cc([N+](=O)[O-])c(NN)s1)C1CC1. The summed E-state index contributed by atoms with van der Waals surface area (Å²) < 4.78 is 26.6. The van der Waals surface area contributed by atoms with Gasteiger partial charge >= 0.3 is 5.69 Å². The fraction of sp³-hybridized carbons (Fsp3) is 0.600. The van der Waals surface area contributed by atoms with Crippen molar-refractivity contribution in [3.8, 4) is 0 Å². The second-order valence-electron chi connectivity index (χ2n) is 4.85. The molecule has 0 amide bonds. The third-order valence-corrected chi connectivity index (χ3v) is 6.26. The minimum Gasteiger partial charge on any atom is -0.310 e. The summed E-state index contributed by atoms with van der Waals surface area (Å²) >= 11 is 0.742. The van der Waals surface area contributed by atoms with Crippen LogP contribution in [-0.2, 0) is 10.0 Å². The highest BCUT2D eigenvalue weighted by molar-refractivity contribution is 7.91. The molecule has 112 valence electrons. The third-order valence-electron chi connectivity index (χ3n) is 3.30. The maximum absolute atomic E-state index is 12.1. The number of nitro groups is 1. The Labute approximate surface area is 120 Å². The van der Waals surface area contributed by atoms with E-state index in [-0.39, 0.29) is 20.8 Å². The minimum absolute atomic E-state index is 0.0191. The molecule has 0 aliphatic heterocycles. The molecule has 1 atom stereocenters. The first-order valence-electron chi connectivity index (χ1n) is 6.09. The van der Waals surface area contributed by atoms with Crippen LogP contribution in [0.5, 0.6) is 0 Å². The maximum Gasteiger partial charge on any atom is 0.306 e. The lowest BCUT2D eigenvalue weighted by Gasteiger charge is -2.10. The van der Waals surface area contributed by atoms with Crippen LogP contribution in [-0.4, -0.2) is 19.9 Å². The number of rotatable bonds is 7. The number of sulfonamides is 1. The van der Waals surface area contributed by atoms with Crippen LogP contribution >= 0.6 is 11.3 Å². The van der Waals surface area contributed by atoms with Gasteiger partial charge in [-0.2, -0.15) is 0 Å². The van der Waals surface area contributed by atoms with Crippen LogP contribution in [0, 0.1) is 22.0 Å². The van der Waals surface area contributed by atoms with E-state index in [2.05, 4.69) is 10.1 Å². The van der Waals surface area contributed by atoms with Gasteiger partial charge in [0.1, 0.15) is 4.21 Å². The Morgan fingerprint density at radius 3 is 2.70 bits per heavy atom. The number of thiophene rings is 1. The first-order chi connectivity index (χ1) is 9.35. The van der Waals surface area contributed by atoms with Crippen LogP contribution in [0.25, 0.3) is 0 Å². The molecule has 1 aromatic rings. The number of anilines is 1. The zero-order chi connectivity index (χ0) is 14.9. The first kappa shape index (κ1) is 15.2. The summed E-state index contributed by atoms with van der Waals surface area (Å²) in [4.78, 5) is 10.1. The number of nitrogens with zero attached hydrogens (tertiary/aromatic N) is 1. The second-order valence-corrected chi connectivity index (χ2v) is 7.89. The molecule has 1 heterocycles. The number of hydrogen-bond donors (Lipinski definition) is 3. The largest absolute Gasteiger partial charge is 0.310 e. The van der Waals surface area contributed by atoms with E-state index in [0.29, 0.717) is 12.5 Å². The van der Waals surface area contributed by atoms with Crippen molar-refractivity contribution in [2.24, 2.45) is 17.7 Å². The molecule has 0 aromatic carbocycles. The van der Waals surface area contributed by atoms with E-state index >= 15 is 0 Å². The summed E-state index contributed by atoms with van der Waals surface area (Å²) in [5, 5.41) is 10.8. The van der Waals surface area contributed by atoms with E-state index in [1.54, 1.807) is 0 Å². The highest BCUT2D eigenvalue weighted by Crippen LogP contribution is 2.38. The molecular formula is C10H16N4O4S2. The van der Waals surface area contributed by atoms with Gasteiger partial charge in [0.25, 0.3) is 0 Å². The molecule has 0 saturated heterocycles. The minimum atomic E-state index is -3.74. The highest BCUT2D eigenvalue weighted by atomic mass is 32.2. The van der Waals surface area contributed by atoms with Crippen molar-refractivity contribution in [2.45, 2.75) is 24.0 Å². The number of nitrogens with one attached hydrogen (secondary N) is 2. The Balaban J connectivity index is 2.14. The van der Waals surface area contributed by atoms with Crippen LogP contribution in [0.4, 0.5) is 10.7 Å². The number of nitrogen functional groups attached to an aromatic ring is 1. The monoisotopic (exact) mass is 320 g/mol. The number of hydrogen-bond acceptors (Lipinski definition) is 7. The zero-order valence-electron chi connectivity index (χ0n) is 10.8. The average Bonchev–Trinajstić information content (AvgIpc) is 3.13. The Kier molecular flexibility index (Phi) is 4.28. The van der Waals surface area contributed by atoms with Gasteiger partial charge in [-0.05, 0) is 24.7 Å². The summed E-state index contributed by atoms with van der Waals surface area (Å²) in [5.74, 6) is 6.01. The molecule has 1 saturated carbocycles. The average molecular weight is 320 g/mol. The van der Waals surface area contributed by atoms with Crippen LogP contribution < -0.4 is 16.0 Å². The highest BCUT2D eigenvalue weighted by Gasteiger charge is 2.30. The van der Waals surface area contributed by atoms with Crippen LogP contribution in [0.2, 0.25) is 0 Å². The topological polar surface area (TPSA) is 127 Å². The van der Waals surface area contributed by atoms with Crippen LogP contribution in [0.15, 0.2) is 10.3 Å². The summed E-state index contributed by atoms with van der Waals surface area (Å²) in [6, 6.07) is 1.02. The molecule has 4 N–H and O–H groups in total. The van der Waals surface area contributed by atoms with Gasteiger partial charge < -0.3 is 5.43 Å². The van der Waals surface area contributed by atoms with E-state index < -0.39 is 14.9 Å². The maximum atomic E-state index is 12.1. The summed E-state index contributed by atoms with van der Waals surface area (Å²) in [6.07, 6.45) is 2.27. The molecule has 1 fully saturated rings. The van der Waals surface area contributed by atoms with Gasteiger partial charge in [-0.15, -0.1) is 0 Å². The fourth-order valence-electron chi connectivity index (χ4n) is 1.88. The molecule has 0 bridgehead atoms. The van der Waals surface area contributed by atoms with E-state index in [1.807, 2.05) is 6.92 Å². The Hall–Kier alpha value is -1.23. The summed E-state index contributed by atoms with van der Waals surface area (Å²) in [6.45, 7) is 2.33. The quantitative estimate of drug-likeness (QED) is 0.394. The normalized spacial score (nSPS) is 16.9. The molecule has 10 heteroatoms. The lowest BCUT2D eigenvalue weighted by molar-refractivity contribution is -0.383. The van der Waals surface area contributed by atoms with Crippen LogP contribution in [0.1, 0.15) is 19.8 Å². The second kappa shape index (κ2) is 5.64. The van der Waals surface area contributed by atoms with Gasteiger partial charge in [0.05, 0.1) is 4.92 Å². The van der Waals surface area contributed by atoms with Crippen molar-refractivity contribution in [3.05, 3.63) is 16.2 Å². The van der Waals surface area contributed by atoms with E-state index in [9.17, 15) is 18.5 Å². The lowest BCUT2D eigenvalue weighted by atomic mass is 10.1. The smallest absolute Gasteiger partial charge is 0.306 e. The van der Waals surface area contributed by atoms with Crippen molar-refractivity contribution in [2.75, 3.05) is 12.0 Å². The molecule has 1 aliphatic rings. The van der Waals surface area contributed by atoms with Crippen molar-refractivity contribution < 1.29 is 13.3 Å². The van der Waals surface area contributed by atoms with Crippen molar-refractivity contribution >= 4 is 32.0 Å².